The van der Waals surface area contributed by atoms with E-state index in [4.69, 9.17) is 4.74 Å². The second-order valence-electron chi connectivity index (χ2n) is 3.93. The second kappa shape index (κ2) is 5.46. The molecule has 0 radical (unpaired) electrons. The number of nitrogens with zero attached hydrogens (tertiary/aromatic N) is 1. The van der Waals surface area contributed by atoms with Gasteiger partial charge in [-0.05, 0) is 30.8 Å². The molecule has 88 valence electrons. The molecule has 1 N–H and O–H groups in total. The SMILES string of the molecule is C=C(CNC)COc1ccc2cccnc2c1. The van der Waals surface area contributed by atoms with Gasteiger partial charge < -0.3 is 10.1 Å². The Hall–Kier alpha value is -1.87. The van der Waals surface area contributed by atoms with E-state index in [9.17, 15) is 0 Å². The first-order valence-electron chi connectivity index (χ1n) is 5.58. The standard InChI is InChI=1S/C14H16N2O/c1-11(9-15-2)10-17-13-6-5-12-4-3-7-16-14(12)8-13/h3-8,15H,1,9-10H2,2H3. The average Bonchev–Trinajstić information content (AvgIpc) is 2.36. The predicted octanol–water partition coefficient (Wildman–Crippen LogP) is 2.39. The molecule has 0 aliphatic rings. The first kappa shape index (κ1) is 11.6. The van der Waals surface area contributed by atoms with E-state index >= 15 is 0 Å². The lowest BCUT2D eigenvalue weighted by Crippen LogP contribution is -2.14. The Morgan fingerprint density at radius 1 is 1.41 bits per heavy atom. The zero-order chi connectivity index (χ0) is 12.1. The molecular weight excluding hydrogens is 212 g/mol. The third-order valence-corrected chi connectivity index (χ3v) is 2.45. The minimum absolute atomic E-state index is 0.527. The van der Waals surface area contributed by atoms with Crippen LogP contribution in [0, 0.1) is 0 Å². The molecule has 3 nitrogen and oxygen atoms in total. The molecule has 0 aliphatic carbocycles. The Bertz CT molecular complexity index is 522. The molecule has 0 fully saturated rings. The van der Waals surface area contributed by atoms with Crippen LogP contribution in [0.3, 0.4) is 0 Å². The van der Waals surface area contributed by atoms with Crippen molar-refractivity contribution in [2.45, 2.75) is 0 Å². The maximum atomic E-state index is 5.65. The van der Waals surface area contributed by atoms with Crippen LogP contribution in [0.15, 0.2) is 48.7 Å². The van der Waals surface area contributed by atoms with Gasteiger partial charge in [-0.15, -0.1) is 0 Å². The molecule has 0 aliphatic heterocycles. The van der Waals surface area contributed by atoms with E-state index in [-0.39, 0.29) is 0 Å². The highest BCUT2D eigenvalue weighted by Gasteiger charge is 1.99. The smallest absolute Gasteiger partial charge is 0.121 e. The molecule has 0 saturated heterocycles. The number of benzene rings is 1. The minimum Gasteiger partial charge on any atom is -0.489 e. The number of aromatic nitrogens is 1. The van der Waals surface area contributed by atoms with Crippen molar-refractivity contribution in [2.24, 2.45) is 0 Å². The molecule has 0 bridgehead atoms. The summed E-state index contributed by atoms with van der Waals surface area (Å²) in [7, 11) is 1.89. The van der Waals surface area contributed by atoms with Gasteiger partial charge in [-0.1, -0.05) is 12.6 Å². The normalized spacial score (nSPS) is 10.4. The molecule has 0 unspecified atom stereocenters. The summed E-state index contributed by atoms with van der Waals surface area (Å²) in [5.41, 5.74) is 1.97. The van der Waals surface area contributed by atoms with Crippen LogP contribution in [0.4, 0.5) is 0 Å². The number of pyridine rings is 1. The summed E-state index contributed by atoms with van der Waals surface area (Å²) in [5.74, 6) is 0.827. The monoisotopic (exact) mass is 228 g/mol. The van der Waals surface area contributed by atoms with Crippen molar-refractivity contribution >= 4 is 10.9 Å². The Balaban J connectivity index is 2.06. The molecule has 3 heteroatoms. The lowest BCUT2D eigenvalue weighted by atomic mass is 10.2. The number of fused-ring (bicyclic) bond motifs is 1. The Labute approximate surface area is 101 Å². The van der Waals surface area contributed by atoms with Gasteiger partial charge in [0.05, 0.1) is 5.52 Å². The quantitative estimate of drug-likeness (QED) is 0.798. The largest absolute Gasteiger partial charge is 0.489 e. The molecule has 0 saturated carbocycles. The summed E-state index contributed by atoms with van der Waals surface area (Å²) in [6.07, 6.45) is 1.78. The first-order valence-corrected chi connectivity index (χ1v) is 5.58. The number of ether oxygens (including phenoxy) is 1. The fourth-order valence-electron chi connectivity index (χ4n) is 1.62. The van der Waals surface area contributed by atoms with Gasteiger partial charge in [-0.2, -0.15) is 0 Å². The third-order valence-electron chi connectivity index (χ3n) is 2.45. The van der Waals surface area contributed by atoms with Gasteiger partial charge in [0.15, 0.2) is 0 Å². The molecule has 0 spiro atoms. The third kappa shape index (κ3) is 3.04. The lowest BCUT2D eigenvalue weighted by Gasteiger charge is -2.08. The number of hydrogen-bond acceptors (Lipinski definition) is 3. The van der Waals surface area contributed by atoms with Crippen molar-refractivity contribution in [3.05, 3.63) is 48.7 Å². The molecule has 2 rings (SSSR count). The van der Waals surface area contributed by atoms with Gasteiger partial charge >= 0.3 is 0 Å². The predicted molar refractivity (Wildman–Crippen MR) is 70.3 cm³/mol. The summed E-state index contributed by atoms with van der Waals surface area (Å²) >= 11 is 0. The zero-order valence-corrected chi connectivity index (χ0v) is 9.94. The van der Waals surface area contributed by atoms with E-state index in [1.165, 1.54) is 0 Å². The van der Waals surface area contributed by atoms with E-state index in [2.05, 4.69) is 16.9 Å². The van der Waals surface area contributed by atoms with Crippen LogP contribution in [0.2, 0.25) is 0 Å². The first-order chi connectivity index (χ1) is 8.29. The molecular formula is C14H16N2O. The van der Waals surface area contributed by atoms with Crippen molar-refractivity contribution in [1.29, 1.82) is 0 Å². The number of hydrogen-bond donors (Lipinski definition) is 1. The van der Waals surface area contributed by atoms with E-state index in [0.29, 0.717) is 6.61 Å². The van der Waals surface area contributed by atoms with Gasteiger partial charge in [-0.3, -0.25) is 4.98 Å². The molecule has 0 amide bonds. The Morgan fingerprint density at radius 3 is 3.12 bits per heavy atom. The highest BCUT2D eigenvalue weighted by atomic mass is 16.5. The van der Waals surface area contributed by atoms with Gasteiger partial charge in [0.25, 0.3) is 0 Å². The molecule has 0 atom stereocenters. The van der Waals surface area contributed by atoms with Crippen molar-refractivity contribution in [3.63, 3.8) is 0 Å². The van der Waals surface area contributed by atoms with Crippen LogP contribution >= 0.6 is 0 Å². The van der Waals surface area contributed by atoms with Crippen molar-refractivity contribution < 1.29 is 4.74 Å². The van der Waals surface area contributed by atoms with Gasteiger partial charge in [0, 0.05) is 24.2 Å². The minimum atomic E-state index is 0.527. The lowest BCUT2D eigenvalue weighted by molar-refractivity contribution is 0.349. The number of rotatable bonds is 5. The van der Waals surface area contributed by atoms with Crippen molar-refractivity contribution in [2.75, 3.05) is 20.2 Å². The van der Waals surface area contributed by atoms with Crippen LogP contribution in [0.25, 0.3) is 10.9 Å². The van der Waals surface area contributed by atoms with Gasteiger partial charge in [0.2, 0.25) is 0 Å². The van der Waals surface area contributed by atoms with Gasteiger partial charge in [0.1, 0.15) is 12.4 Å². The molecule has 1 aromatic heterocycles. The summed E-state index contributed by atoms with van der Waals surface area (Å²) < 4.78 is 5.65. The van der Waals surface area contributed by atoms with E-state index in [1.54, 1.807) is 6.20 Å². The summed E-state index contributed by atoms with van der Waals surface area (Å²) in [4.78, 5) is 4.29. The number of nitrogens with one attached hydrogen (secondary N) is 1. The van der Waals surface area contributed by atoms with E-state index < -0.39 is 0 Å². The Morgan fingerprint density at radius 2 is 2.29 bits per heavy atom. The van der Waals surface area contributed by atoms with Crippen molar-refractivity contribution in [1.82, 2.24) is 10.3 Å². The van der Waals surface area contributed by atoms with Crippen molar-refractivity contribution in [3.8, 4) is 5.75 Å². The van der Waals surface area contributed by atoms with Gasteiger partial charge in [-0.25, -0.2) is 0 Å². The maximum absolute atomic E-state index is 5.65. The van der Waals surface area contributed by atoms with Crippen LogP contribution in [0.1, 0.15) is 0 Å². The van der Waals surface area contributed by atoms with Crippen LogP contribution in [0.5, 0.6) is 5.75 Å². The van der Waals surface area contributed by atoms with Crippen LogP contribution in [-0.4, -0.2) is 25.2 Å². The number of likely N-dealkylation sites (N-methyl/N-ethyl adjacent to an activating group) is 1. The second-order valence-corrected chi connectivity index (χ2v) is 3.93. The molecule has 1 aromatic carbocycles. The highest BCUT2D eigenvalue weighted by Crippen LogP contribution is 2.18. The highest BCUT2D eigenvalue weighted by molar-refractivity contribution is 5.79. The Kier molecular flexibility index (Phi) is 3.73. The van der Waals surface area contributed by atoms with Crippen LogP contribution in [-0.2, 0) is 0 Å². The fraction of sp³-hybridized carbons (Fsp3) is 0.214. The van der Waals surface area contributed by atoms with E-state index in [0.717, 1.165) is 28.8 Å². The summed E-state index contributed by atoms with van der Waals surface area (Å²) in [6, 6.07) is 9.88. The topological polar surface area (TPSA) is 34.1 Å². The summed E-state index contributed by atoms with van der Waals surface area (Å²) in [5, 5.41) is 4.16. The maximum Gasteiger partial charge on any atom is 0.121 e. The average molecular weight is 228 g/mol. The van der Waals surface area contributed by atoms with E-state index in [1.807, 2.05) is 37.4 Å². The zero-order valence-electron chi connectivity index (χ0n) is 9.94. The molecule has 17 heavy (non-hydrogen) atoms. The fourth-order valence-corrected chi connectivity index (χ4v) is 1.62. The molecule has 1 heterocycles. The van der Waals surface area contributed by atoms with Crippen LogP contribution < -0.4 is 10.1 Å². The summed E-state index contributed by atoms with van der Waals surface area (Å²) in [6.45, 7) is 5.22. The molecule has 2 aromatic rings.